The van der Waals surface area contributed by atoms with Crippen LogP contribution in [0, 0.1) is 6.92 Å². The SMILES string of the molecule is Cc1ccsc1-c1cn2ccncc2n1. The van der Waals surface area contributed by atoms with E-state index in [-0.39, 0.29) is 0 Å². The molecule has 0 saturated heterocycles. The number of aryl methyl sites for hydroxylation is 1. The number of imidazole rings is 1. The van der Waals surface area contributed by atoms with E-state index in [0.717, 1.165) is 11.3 Å². The summed E-state index contributed by atoms with van der Waals surface area (Å²) in [6.07, 6.45) is 7.48. The van der Waals surface area contributed by atoms with E-state index in [9.17, 15) is 0 Å². The summed E-state index contributed by atoms with van der Waals surface area (Å²) < 4.78 is 1.99. The summed E-state index contributed by atoms with van der Waals surface area (Å²) in [5, 5.41) is 2.09. The lowest BCUT2D eigenvalue weighted by molar-refractivity contribution is 1.13. The predicted octanol–water partition coefficient (Wildman–Crippen LogP) is 2.77. The van der Waals surface area contributed by atoms with Crippen LogP contribution in [0.1, 0.15) is 5.56 Å². The van der Waals surface area contributed by atoms with Crippen LogP contribution in [-0.4, -0.2) is 14.4 Å². The molecule has 0 amide bonds. The van der Waals surface area contributed by atoms with Crippen molar-refractivity contribution in [2.24, 2.45) is 0 Å². The van der Waals surface area contributed by atoms with Gasteiger partial charge >= 0.3 is 0 Å². The van der Waals surface area contributed by atoms with Gasteiger partial charge in [0, 0.05) is 18.6 Å². The first-order valence-corrected chi connectivity index (χ1v) is 5.56. The van der Waals surface area contributed by atoms with E-state index < -0.39 is 0 Å². The molecule has 0 aromatic carbocycles. The maximum Gasteiger partial charge on any atom is 0.156 e. The zero-order valence-corrected chi connectivity index (χ0v) is 9.03. The molecule has 0 unspecified atom stereocenters. The number of hydrogen-bond donors (Lipinski definition) is 0. The van der Waals surface area contributed by atoms with Crippen molar-refractivity contribution in [1.29, 1.82) is 0 Å². The average Bonchev–Trinajstić information content (AvgIpc) is 2.82. The lowest BCUT2D eigenvalue weighted by atomic mass is 10.2. The van der Waals surface area contributed by atoms with E-state index in [2.05, 4.69) is 28.3 Å². The van der Waals surface area contributed by atoms with Crippen LogP contribution in [0.3, 0.4) is 0 Å². The van der Waals surface area contributed by atoms with Crippen LogP contribution >= 0.6 is 11.3 Å². The van der Waals surface area contributed by atoms with Crippen LogP contribution in [0.25, 0.3) is 16.2 Å². The molecule has 74 valence electrons. The Balaban J connectivity index is 2.24. The van der Waals surface area contributed by atoms with Crippen molar-refractivity contribution in [2.45, 2.75) is 6.92 Å². The van der Waals surface area contributed by atoms with Crippen molar-refractivity contribution in [3.05, 3.63) is 41.8 Å². The summed E-state index contributed by atoms with van der Waals surface area (Å²) in [6, 6.07) is 2.11. The van der Waals surface area contributed by atoms with Gasteiger partial charge in [-0.2, -0.15) is 0 Å². The molecule has 3 rings (SSSR count). The van der Waals surface area contributed by atoms with Gasteiger partial charge in [0.1, 0.15) is 0 Å². The third kappa shape index (κ3) is 1.34. The molecular formula is C11H9N3S. The van der Waals surface area contributed by atoms with Gasteiger partial charge in [-0.05, 0) is 23.9 Å². The van der Waals surface area contributed by atoms with Crippen molar-refractivity contribution in [3.63, 3.8) is 0 Å². The molecule has 15 heavy (non-hydrogen) atoms. The molecule has 3 aromatic heterocycles. The van der Waals surface area contributed by atoms with Crippen molar-refractivity contribution in [2.75, 3.05) is 0 Å². The first-order valence-electron chi connectivity index (χ1n) is 4.68. The molecule has 0 spiro atoms. The molecule has 0 N–H and O–H groups in total. The largest absolute Gasteiger partial charge is 0.304 e. The lowest BCUT2D eigenvalue weighted by Crippen LogP contribution is -1.81. The minimum Gasteiger partial charge on any atom is -0.304 e. The van der Waals surface area contributed by atoms with Crippen LogP contribution in [0.15, 0.2) is 36.2 Å². The highest BCUT2D eigenvalue weighted by Gasteiger charge is 2.07. The molecule has 0 aliphatic rings. The quantitative estimate of drug-likeness (QED) is 0.624. The molecule has 0 radical (unpaired) electrons. The Bertz CT molecular complexity index is 576. The predicted molar refractivity (Wildman–Crippen MR) is 61.0 cm³/mol. The molecular weight excluding hydrogens is 206 g/mol. The van der Waals surface area contributed by atoms with Crippen molar-refractivity contribution in [3.8, 4) is 10.6 Å². The number of thiophene rings is 1. The van der Waals surface area contributed by atoms with Gasteiger partial charge in [-0.1, -0.05) is 0 Å². The number of hydrogen-bond acceptors (Lipinski definition) is 3. The van der Waals surface area contributed by atoms with Gasteiger partial charge in [-0.15, -0.1) is 11.3 Å². The van der Waals surface area contributed by atoms with E-state index in [1.807, 2.05) is 16.8 Å². The van der Waals surface area contributed by atoms with Gasteiger partial charge in [-0.25, -0.2) is 4.98 Å². The number of rotatable bonds is 1. The van der Waals surface area contributed by atoms with E-state index in [0.29, 0.717) is 0 Å². The van der Waals surface area contributed by atoms with Crippen LogP contribution < -0.4 is 0 Å². The fourth-order valence-electron chi connectivity index (χ4n) is 1.59. The molecule has 0 aliphatic carbocycles. The normalized spacial score (nSPS) is 11.0. The smallest absolute Gasteiger partial charge is 0.156 e. The third-order valence-corrected chi connectivity index (χ3v) is 3.40. The van der Waals surface area contributed by atoms with Crippen LogP contribution in [0.2, 0.25) is 0 Å². The Kier molecular flexibility index (Phi) is 1.82. The summed E-state index contributed by atoms with van der Waals surface area (Å²) in [5.74, 6) is 0. The van der Waals surface area contributed by atoms with Crippen LogP contribution in [-0.2, 0) is 0 Å². The molecule has 3 heterocycles. The molecule has 0 bridgehead atoms. The Labute approximate surface area is 91.1 Å². The number of fused-ring (bicyclic) bond motifs is 1. The standard InChI is InChI=1S/C11H9N3S/c1-8-2-5-15-11(8)9-7-14-4-3-12-6-10(14)13-9/h2-7H,1H3. The van der Waals surface area contributed by atoms with Gasteiger partial charge in [0.25, 0.3) is 0 Å². The second-order valence-corrected chi connectivity index (χ2v) is 4.32. The lowest BCUT2D eigenvalue weighted by Gasteiger charge is -1.90. The molecule has 0 fully saturated rings. The van der Waals surface area contributed by atoms with Crippen molar-refractivity contribution in [1.82, 2.24) is 14.4 Å². The molecule has 4 heteroatoms. The Morgan fingerprint density at radius 1 is 1.40 bits per heavy atom. The number of nitrogens with zero attached hydrogens (tertiary/aromatic N) is 3. The first-order chi connectivity index (χ1) is 7.34. The summed E-state index contributed by atoms with van der Waals surface area (Å²) in [4.78, 5) is 9.81. The van der Waals surface area contributed by atoms with Crippen LogP contribution in [0.4, 0.5) is 0 Å². The van der Waals surface area contributed by atoms with E-state index in [1.165, 1.54) is 10.4 Å². The Morgan fingerprint density at radius 2 is 2.33 bits per heavy atom. The topological polar surface area (TPSA) is 30.2 Å². The van der Waals surface area contributed by atoms with Gasteiger partial charge in [-0.3, -0.25) is 4.98 Å². The summed E-state index contributed by atoms with van der Waals surface area (Å²) >= 11 is 1.72. The highest BCUT2D eigenvalue weighted by molar-refractivity contribution is 7.13. The van der Waals surface area contributed by atoms with E-state index >= 15 is 0 Å². The van der Waals surface area contributed by atoms with Gasteiger partial charge in [0.05, 0.1) is 16.8 Å². The van der Waals surface area contributed by atoms with Crippen LogP contribution in [0.5, 0.6) is 0 Å². The first kappa shape index (κ1) is 8.61. The highest BCUT2D eigenvalue weighted by atomic mass is 32.1. The van der Waals surface area contributed by atoms with Crippen molar-refractivity contribution < 1.29 is 0 Å². The minimum atomic E-state index is 0.889. The number of aromatic nitrogens is 3. The highest BCUT2D eigenvalue weighted by Crippen LogP contribution is 2.27. The monoisotopic (exact) mass is 215 g/mol. The molecule has 0 atom stereocenters. The third-order valence-electron chi connectivity index (χ3n) is 2.36. The zero-order chi connectivity index (χ0) is 10.3. The molecule has 3 nitrogen and oxygen atoms in total. The van der Waals surface area contributed by atoms with E-state index in [4.69, 9.17) is 0 Å². The maximum absolute atomic E-state index is 4.53. The fourth-order valence-corrected chi connectivity index (χ4v) is 2.47. The average molecular weight is 215 g/mol. The summed E-state index contributed by atoms with van der Waals surface area (Å²) in [7, 11) is 0. The van der Waals surface area contributed by atoms with E-state index in [1.54, 1.807) is 23.7 Å². The molecule has 0 saturated carbocycles. The summed E-state index contributed by atoms with van der Waals surface area (Å²) in [5.41, 5.74) is 3.19. The Hall–Kier alpha value is -1.68. The fraction of sp³-hybridized carbons (Fsp3) is 0.0909. The van der Waals surface area contributed by atoms with Gasteiger partial charge in [0.15, 0.2) is 5.65 Å². The van der Waals surface area contributed by atoms with Gasteiger partial charge in [0.2, 0.25) is 0 Å². The second kappa shape index (κ2) is 3.17. The second-order valence-electron chi connectivity index (χ2n) is 3.40. The Morgan fingerprint density at radius 3 is 3.07 bits per heavy atom. The molecule has 3 aromatic rings. The van der Waals surface area contributed by atoms with Crippen molar-refractivity contribution >= 4 is 17.0 Å². The maximum atomic E-state index is 4.53. The minimum absolute atomic E-state index is 0.889. The molecule has 0 aliphatic heterocycles. The summed E-state index contributed by atoms with van der Waals surface area (Å²) in [6.45, 7) is 2.11. The van der Waals surface area contributed by atoms with Gasteiger partial charge < -0.3 is 4.40 Å². The zero-order valence-electron chi connectivity index (χ0n) is 8.21.